The van der Waals surface area contributed by atoms with Crippen molar-refractivity contribution in [3.63, 3.8) is 0 Å². The molecule has 2 nitrogen and oxygen atoms in total. The first-order valence-corrected chi connectivity index (χ1v) is 6.94. The van der Waals surface area contributed by atoms with Crippen molar-refractivity contribution in [3.05, 3.63) is 0 Å². The van der Waals surface area contributed by atoms with Crippen LogP contribution in [0.4, 0.5) is 0 Å². The third-order valence-electron chi connectivity index (χ3n) is 3.37. The summed E-state index contributed by atoms with van der Waals surface area (Å²) < 4.78 is 0. The molecule has 1 unspecified atom stereocenters. The van der Waals surface area contributed by atoms with Gasteiger partial charge in [0.25, 0.3) is 0 Å². The van der Waals surface area contributed by atoms with E-state index in [1.165, 1.54) is 32.2 Å². The Morgan fingerprint density at radius 2 is 2.06 bits per heavy atom. The van der Waals surface area contributed by atoms with Gasteiger partial charge in [-0.3, -0.25) is 0 Å². The molecule has 0 amide bonds. The molecule has 0 aromatic rings. The lowest BCUT2D eigenvalue weighted by molar-refractivity contribution is 0.264. The fraction of sp³-hybridized carbons (Fsp3) is 1.00. The third kappa shape index (κ3) is 5.86. The van der Waals surface area contributed by atoms with E-state index in [1.54, 1.807) is 0 Å². The zero-order valence-corrected chi connectivity index (χ0v) is 11.6. The van der Waals surface area contributed by atoms with E-state index in [0.29, 0.717) is 11.5 Å². The predicted molar refractivity (Wildman–Crippen MR) is 71.7 cm³/mol. The lowest BCUT2D eigenvalue weighted by Gasteiger charge is -2.29. The summed E-state index contributed by atoms with van der Waals surface area (Å²) in [6.45, 7) is 12.9. The average molecular weight is 226 g/mol. The molecule has 96 valence electrons. The first-order valence-electron chi connectivity index (χ1n) is 6.94. The molecule has 0 aliphatic carbocycles. The topological polar surface area (TPSA) is 24.1 Å². The number of piperidine rings is 1. The van der Waals surface area contributed by atoms with Crippen LogP contribution in [-0.4, -0.2) is 25.7 Å². The van der Waals surface area contributed by atoms with Gasteiger partial charge >= 0.3 is 0 Å². The van der Waals surface area contributed by atoms with Gasteiger partial charge in [-0.2, -0.15) is 0 Å². The minimum atomic E-state index is 0.433. The van der Waals surface area contributed by atoms with Crippen LogP contribution >= 0.6 is 0 Å². The molecule has 0 aromatic carbocycles. The summed E-state index contributed by atoms with van der Waals surface area (Å²) >= 11 is 0. The number of rotatable bonds is 6. The minimum absolute atomic E-state index is 0.433. The molecule has 1 rings (SSSR count). The van der Waals surface area contributed by atoms with Crippen molar-refractivity contribution in [3.8, 4) is 0 Å². The highest BCUT2D eigenvalue weighted by atomic mass is 15.0. The van der Waals surface area contributed by atoms with Crippen molar-refractivity contribution >= 4 is 0 Å². The Morgan fingerprint density at radius 3 is 2.62 bits per heavy atom. The Labute approximate surface area is 102 Å². The van der Waals surface area contributed by atoms with Crippen molar-refractivity contribution in [2.75, 3.05) is 19.6 Å². The normalized spacial score (nSPS) is 22.7. The van der Waals surface area contributed by atoms with Crippen LogP contribution in [0.15, 0.2) is 0 Å². The highest BCUT2D eigenvalue weighted by Gasteiger charge is 2.20. The Kier molecular flexibility index (Phi) is 5.77. The first kappa shape index (κ1) is 14.0. The van der Waals surface area contributed by atoms with Crippen LogP contribution in [0.1, 0.15) is 53.4 Å². The number of hydrogen-bond acceptors (Lipinski definition) is 2. The van der Waals surface area contributed by atoms with Crippen LogP contribution in [-0.2, 0) is 0 Å². The Hall–Kier alpha value is -0.0800. The Morgan fingerprint density at radius 1 is 1.31 bits per heavy atom. The van der Waals surface area contributed by atoms with E-state index < -0.39 is 0 Å². The molecule has 1 aliphatic heterocycles. The number of hydrogen-bond donors (Lipinski definition) is 2. The molecule has 0 bridgehead atoms. The van der Waals surface area contributed by atoms with Crippen molar-refractivity contribution in [1.82, 2.24) is 10.6 Å². The summed E-state index contributed by atoms with van der Waals surface area (Å²) in [5.41, 5.74) is 0.433. The Balaban J connectivity index is 2.13. The third-order valence-corrected chi connectivity index (χ3v) is 3.37. The van der Waals surface area contributed by atoms with Gasteiger partial charge in [-0.15, -0.1) is 0 Å². The molecule has 1 aliphatic rings. The van der Waals surface area contributed by atoms with E-state index in [1.807, 2.05) is 0 Å². The summed E-state index contributed by atoms with van der Waals surface area (Å²) in [6, 6.07) is 0.712. The molecule has 1 fully saturated rings. The minimum Gasteiger partial charge on any atom is -0.315 e. The molecule has 16 heavy (non-hydrogen) atoms. The molecule has 2 heteroatoms. The lowest BCUT2D eigenvalue weighted by Crippen LogP contribution is -2.44. The van der Waals surface area contributed by atoms with Gasteiger partial charge in [0.15, 0.2) is 0 Å². The van der Waals surface area contributed by atoms with Crippen LogP contribution in [0.3, 0.4) is 0 Å². The second-order valence-corrected chi connectivity index (χ2v) is 6.54. The maximum Gasteiger partial charge on any atom is 0.0192 e. The Bertz CT molecular complexity index is 181. The molecule has 0 aromatic heterocycles. The zero-order valence-electron chi connectivity index (χ0n) is 11.6. The van der Waals surface area contributed by atoms with E-state index >= 15 is 0 Å². The van der Waals surface area contributed by atoms with E-state index in [0.717, 1.165) is 19.0 Å². The standard InChI is InChI=1S/C14H30N2/c1-12(2)9-14(3,4)11-15-10-13-7-5-6-8-16-13/h12-13,15-16H,5-11H2,1-4H3. The molecule has 1 heterocycles. The van der Waals surface area contributed by atoms with Gasteiger partial charge < -0.3 is 10.6 Å². The molecule has 1 atom stereocenters. The van der Waals surface area contributed by atoms with E-state index in [-0.39, 0.29) is 0 Å². The van der Waals surface area contributed by atoms with E-state index in [9.17, 15) is 0 Å². The smallest absolute Gasteiger partial charge is 0.0192 e. The highest BCUT2D eigenvalue weighted by Crippen LogP contribution is 2.24. The van der Waals surface area contributed by atoms with Gasteiger partial charge in [0.1, 0.15) is 0 Å². The summed E-state index contributed by atoms with van der Waals surface area (Å²) in [5, 5.41) is 7.22. The summed E-state index contributed by atoms with van der Waals surface area (Å²) in [4.78, 5) is 0. The summed E-state index contributed by atoms with van der Waals surface area (Å²) in [5.74, 6) is 0.796. The average Bonchev–Trinajstić information content (AvgIpc) is 2.16. The first-order chi connectivity index (χ1) is 7.49. The van der Waals surface area contributed by atoms with Crippen molar-refractivity contribution in [1.29, 1.82) is 0 Å². The van der Waals surface area contributed by atoms with Crippen LogP contribution in [0.2, 0.25) is 0 Å². The maximum atomic E-state index is 3.64. The second kappa shape index (κ2) is 6.61. The molecular weight excluding hydrogens is 196 g/mol. The van der Waals surface area contributed by atoms with Crippen LogP contribution in [0.25, 0.3) is 0 Å². The fourth-order valence-electron chi connectivity index (χ4n) is 2.86. The van der Waals surface area contributed by atoms with Gasteiger partial charge in [0.2, 0.25) is 0 Å². The summed E-state index contributed by atoms with van der Waals surface area (Å²) in [7, 11) is 0. The van der Waals surface area contributed by atoms with E-state index in [2.05, 4.69) is 38.3 Å². The summed E-state index contributed by atoms with van der Waals surface area (Å²) in [6.07, 6.45) is 5.40. The lowest BCUT2D eigenvalue weighted by atomic mass is 9.84. The van der Waals surface area contributed by atoms with Gasteiger partial charge in [-0.1, -0.05) is 34.1 Å². The molecule has 2 N–H and O–H groups in total. The molecule has 1 saturated heterocycles. The molecule has 0 spiro atoms. The van der Waals surface area contributed by atoms with Crippen LogP contribution in [0, 0.1) is 11.3 Å². The van der Waals surface area contributed by atoms with Crippen LogP contribution < -0.4 is 10.6 Å². The molecule has 0 radical (unpaired) electrons. The SMILES string of the molecule is CC(C)CC(C)(C)CNCC1CCCCN1. The van der Waals surface area contributed by atoms with Gasteiger partial charge in [-0.25, -0.2) is 0 Å². The maximum absolute atomic E-state index is 3.64. The fourth-order valence-corrected chi connectivity index (χ4v) is 2.86. The van der Waals surface area contributed by atoms with Gasteiger partial charge in [0.05, 0.1) is 0 Å². The largest absolute Gasteiger partial charge is 0.315 e. The van der Waals surface area contributed by atoms with Crippen LogP contribution in [0.5, 0.6) is 0 Å². The van der Waals surface area contributed by atoms with Gasteiger partial charge in [-0.05, 0) is 37.1 Å². The van der Waals surface area contributed by atoms with Crippen molar-refractivity contribution in [2.45, 2.75) is 59.4 Å². The molecule has 0 saturated carbocycles. The predicted octanol–water partition coefficient (Wildman–Crippen LogP) is 2.79. The van der Waals surface area contributed by atoms with Crippen molar-refractivity contribution < 1.29 is 0 Å². The number of nitrogens with one attached hydrogen (secondary N) is 2. The molecular formula is C14H30N2. The van der Waals surface area contributed by atoms with Crippen molar-refractivity contribution in [2.24, 2.45) is 11.3 Å². The second-order valence-electron chi connectivity index (χ2n) is 6.54. The van der Waals surface area contributed by atoms with Gasteiger partial charge in [0, 0.05) is 19.1 Å². The highest BCUT2D eigenvalue weighted by molar-refractivity contribution is 4.78. The monoisotopic (exact) mass is 226 g/mol. The zero-order chi connectivity index (χ0) is 12.0. The quantitative estimate of drug-likeness (QED) is 0.728. The van der Waals surface area contributed by atoms with E-state index in [4.69, 9.17) is 0 Å².